The van der Waals surface area contributed by atoms with Crippen molar-refractivity contribution in [1.29, 1.82) is 0 Å². The van der Waals surface area contributed by atoms with Gasteiger partial charge in [-0.3, -0.25) is 0 Å². The molecule has 15 heavy (non-hydrogen) atoms. The molecule has 1 unspecified atom stereocenters. The minimum absolute atomic E-state index is 0.0371. The second-order valence-corrected chi connectivity index (χ2v) is 4.74. The van der Waals surface area contributed by atoms with Crippen molar-refractivity contribution in [2.75, 3.05) is 6.54 Å². The number of aromatic amines is 2. The molecule has 82 valence electrons. The zero-order chi connectivity index (χ0) is 10.3. The largest absolute Gasteiger partial charge is 0.323 e. The van der Waals surface area contributed by atoms with Gasteiger partial charge in [0.15, 0.2) is 0 Å². The summed E-state index contributed by atoms with van der Waals surface area (Å²) in [7, 11) is 0. The number of H-pyrrole nitrogens is 2. The van der Waals surface area contributed by atoms with Crippen LogP contribution in [0.1, 0.15) is 43.0 Å². The highest BCUT2D eigenvalue weighted by Gasteiger charge is 2.29. The standard InChI is InChI=1S/C11H17N3O/c15-11-13-9(6-8-2-1-5-12-8)10(14-11)7-3-4-7/h7-8,12H,1-6H2,(H2,13,14,15). The molecule has 0 spiro atoms. The van der Waals surface area contributed by atoms with Crippen LogP contribution in [0.3, 0.4) is 0 Å². The summed E-state index contributed by atoms with van der Waals surface area (Å²) in [6.45, 7) is 1.12. The lowest BCUT2D eigenvalue weighted by Crippen LogP contribution is -2.24. The Bertz CT molecular complexity index is 396. The number of rotatable bonds is 3. The molecule has 1 aromatic rings. The van der Waals surface area contributed by atoms with Crippen LogP contribution < -0.4 is 11.0 Å². The second-order valence-electron chi connectivity index (χ2n) is 4.74. The molecule has 1 aliphatic heterocycles. The third-order valence-electron chi connectivity index (χ3n) is 3.44. The van der Waals surface area contributed by atoms with Gasteiger partial charge in [0, 0.05) is 29.8 Å². The maximum Gasteiger partial charge on any atom is 0.323 e. The predicted molar refractivity (Wildman–Crippen MR) is 58.1 cm³/mol. The van der Waals surface area contributed by atoms with Gasteiger partial charge in [0.1, 0.15) is 0 Å². The fraction of sp³-hybridized carbons (Fsp3) is 0.727. The summed E-state index contributed by atoms with van der Waals surface area (Å²) in [5, 5.41) is 3.46. The summed E-state index contributed by atoms with van der Waals surface area (Å²) in [6, 6.07) is 0.564. The summed E-state index contributed by atoms with van der Waals surface area (Å²) in [6.07, 6.45) is 5.94. The van der Waals surface area contributed by atoms with E-state index in [1.165, 1.54) is 31.4 Å². The molecule has 1 aliphatic carbocycles. The van der Waals surface area contributed by atoms with Gasteiger partial charge in [-0.2, -0.15) is 0 Å². The summed E-state index contributed by atoms with van der Waals surface area (Å²) in [5.41, 5.74) is 2.28. The molecule has 3 rings (SSSR count). The maximum absolute atomic E-state index is 11.3. The highest BCUT2D eigenvalue weighted by atomic mass is 16.1. The van der Waals surface area contributed by atoms with E-state index in [9.17, 15) is 4.79 Å². The van der Waals surface area contributed by atoms with Crippen LogP contribution in [0.4, 0.5) is 0 Å². The monoisotopic (exact) mass is 207 g/mol. The first kappa shape index (κ1) is 9.21. The Labute approximate surface area is 88.5 Å². The zero-order valence-corrected chi connectivity index (χ0v) is 8.81. The first-order valence-electron chi connectivity index (χ1n) is 5.87. The van der Waals surface area contributed by atoms with Crippen LogP contribution in [-0.4, -0.2) is 22.6 Å². The van der Waals surface area contributed by atoms with E-state index in [0.29, 0.717) is 12.0 Å². The normalized spacial score (nSPS) is 26.0. The smallest absolute Gasteiger partial charge is 0.314 e. The van der Waals surface area contributed by atoms with E-state index in [2.05, 4.69) is 15.3 Å². The molecule has 1 aromatic heterocycles. The van der Waals surface area contributed by atoms with Crippen LogP contribution in [0.5, 0.6) is 0 Å². The number of hydrogen-bond donors (Lipinski definition) is 3. The molecule has 1 atom stereocenters. The highest BCUT2D eigenvalue weighted by molar-refractivity contribution is 5.21. The maximum atomic E-state index is 11.3. The summed E-state index contributed by atoms with van der Waals surface area (Å²) in [4.78, 5) is 17.2. The molecule has 0 amide bonds. The van der Waals surface area contributed by atoms with Crippen molar-refractivity contribution in [3.8, 4) is 0 Å². The van der Waals surface area contributed by atoms with Gasteiger partial charge in [-0.25, -0.2) is 4.79 Å². The average Bonchev–Trinajstić information content (AvgIpc) is 2.81. The molecule has 0 aromatic carbocycles. The van der Waals surface area contributed by atoms with Gasteiger partial charge in [0.25, 0.3) is 0 Å². The molecule has 1 saturated carbocycles. The van der Waals surface area contributed by atoms with Crippen LogP contribution in [-0.2, 0) is 6.42 Å². The van der Waals surface area contributed by atoms with Crippen LogP contribution in [0, 0.1) is 0 Å². The van der Waals surface area contributed by atoms with Crippen LogP contribution in [0.25, 0.3) is 0 Å². The van der Waals surface area contributed by atoms with E-state index < -0.39 is 0 Å². The number of imidazole rings is 1. The minimum atomic E-state index is -0.0371. The molecular weight excluding hydrogens is 190 g/mol. The van der Waals surface area contributed by atoms with E-state index in [1.807, 2.05) is 0 Å². The van der Waals surface area contributed by atoms with Gasteiger partial charge in [-0.15, -0.1) is 0 Å². The zero-order valence-electron chi connectivity index (χ0n) is 8.81. The topological polar surface area (TPSA) is 60.7 Å². The Kier molecular flexibility index (Phi) is 2.16. The van der Waals surface area contributed by atoms with E-state index in [4.69, 9.17) is 0 Å². The molecule has 2 heterocycles. The van der Waals surface area contributed by atoms with Crippen molar-refractivity contribution >= 4 is 0 Å². The van der Waals surface area contributed by atoms with E-state index in [-0.39, 0.29) is 5.69 Å². The third kappa shape index (κ3) is 1.86. The van der Waals surface area contributed by atoms with Crippen molar-refractivity contribution in [2.24, 2.45) is 0 Å². The van der Waals surface area contributed by atoms with Crippen LogP contribution in [0.15, 0.2) is 4.79 Å². The Morgan fingerprint density at radius 1 is 1.20 bits per heavy atom. The van der Waals surface area contributed by atoms with Crippen molar-refractivity contribution in [2.45, 2.75) is 44.1 Å². The van der Waals surface area contributed by atoms with E-state index in [0.717, 1.165) is 18.7 Å². The first-order valence-corrected chi connectivity index (χ1v) is 5.87. The molecular formula is C11H17N3O. The molecule has 4 nitrogen and oxygen atoms in total. The first-order chi connectivity index (χ1) is 7.33. The van der Waals surface area contributed by atoms with Gasteiger partial charge in [0.05, 0.1) is 0 Å². The molecule has 2 aliphatic rings. The molecule has 3 N–H and O–H groups in total. The Morgan fingerprint density at radius 2 is 2.07 bits per heavy atom. The lowest BCUT2D eigenvalue weighted by molar-refractivity contribution is 0.593. The van der Waals surface area contributed by atoms with E-state index in [1.54, 1.807) is 0 Å². The number of aromatic nitrogens is 2. The van der Waals surface area contributed by atoms with Gasteiger partial charge in [0.2, 0.25) is 0 Å². The van der Waals surface area contributed by atoms with Crippen LogP contribution in [0.2, 0.25) is 0 Å². The second kappa shape index (κ2) is 3.52. The molecule has 0 bridgehead atoms. The van der Waals surface area contributed by atoms with Crippen molar-refractivity contribution < 1.29 is 0 Å². The molecule has 2 fully saturated rings. The Morgan fingerprint density at radius 3 is 2.73 bits per heavy atom. The van der Waals surface area contributed by atoms with Gasteiger partial charge < -0.3 is 15.3 Å². The summed E-state index contributed by atoms with van der Waals surface area (Å²) >= 11 is 0. The van der Waals surface area contributed by atoms with Crippen molar-refractivity contribution in [1.82, 2.24) is 15.3 Å². The molecule has 0 radical (unpaired) electrons. The van der Waals surface area contributed by atoms with E-state index >= 15 is 0 Å². The Hall–Kier alpha value is -1.03. The van der Waals surface area contributed by atoms with Crippen molar-refractivity contribution in [3.63, 3.8) is 0 Å². The van der Waals surface area contributed by atoms with Gasteiger partial charge in [-0.05, 0) is 32.2 Å². The van der Waals surface area contributed by atoms with Gasteiger partial charge >= 0.3 is 5.69 Å². The fourth-order valence-corrected chi connectivity index (χ4v) is 2.49. The number of nitrogens with one attached hydrogen (secondary N) is 3. The highest BCUT2D eigenvalue weighted by Crippen LogP contribution is 2.40. The Balaban J connectivity index is 1.80. The lowest BCUT2D eigenvalue weighted by Gasteiger charge is -2.09. The van der Waals surface area contributed by atoms with Crippen LogP contribution >= 0.6 is 0 Å². The molecule has 1 saturated heterocycles. The quantitative estimate of drug-likeness (QED) is 0.689. The fourth-order valence-electron chi connectivity index (χ4n) is 2.49. The minimum Gasteiger partial charge on any atom is -0.314 e. The van der Waals surface area contributed by atoms with Crippen molar-refractivity contribution in [3.05, 3.63) is 21.9 Å². The lowest BCUT2D eigenvalue weighted by atomic mass is 10.1. The number of hydrogen-bond acceptors (Lipinski definition) is 2. The average molecular weight is 207 g/mol. The molecule has 4 heteroatoms. The van der Waals surface area contributed by atoms with Gasteiger partial charge in [-0.1, -0.05) is 0 Å². The third-order valence-corrected chi connectivity index (χ3v) is 3.44. The summed E-state index contributed by atoms with van der Waals surface area (Å²) < 4.78 is 0. The SMILES string of the molecule is O=c1[nH]c(CC2CCCN2)c(C2CC2)[nH]1. The predicted octanol–water partition coefficient (Wildman–Crippen LogP) is 0.875. The summed E-state index contributed by atoms with van der Waals surface area (Å²) in [5.74, 6) is 0.625.